The molecule has 1 aliphatic heterocycles. The molecule has 5 heteroatoms. The van der Waals surface area contributed by atoms with E-state index < -0.39 is 0 Å². The van der Waals surface area contributed by atoms with Crippen LogP contribution in [0.2, 0.25) is 0 Å². The van der Waals surface area contributed by atoms with Gasteiger partial charge in [0, 0.05) is 24.7 Å². The van der Waals surface area contributed by atoms with E-state index in [1.807, 2.05) is 6.07 Å². The number of hydrogen-bond acceptors (Lipinski definition) is 4. The fraction of sp³-hybridized carbons (Fsp3) is 0.600. The summed E-state index contributed by atoms with van der Waals surface area (Å²) < 4.78 is 0. The topological polar surface area (TPSA) is 58.4 Å². The van der Waals surface area contributed by atoms with Crippen LogP contribution in [0.3, 0.4) is 0 Å². The van der Waals surface area contributed by atoms with Crippen molar-refractivity contribution in [1.29, 1.82) is 0 Å². The molecule has 5 nitrogen and oxygen atoms in total. The van der Waals surface area contributed by atoms with Gasteiger partial charge in [-0.05, 0) is 44.5 Å². The zero-order valence-electron chi connectivity index (χ0n) is 12.2. The number of likely N-dealkylation sites (tertiary alicyclic amines) is 1. The predicted octanol–water partition coefficient (Wildman–Crippen LogP) is 2.59. The van der Waals surface area contributed by atoms with Gasteiger partial charge in [0.2, 0.25) is 0 Å². The number of non-ortho nitro benzene ring substituents is 1. The number of nitro benzene ring substituents is 1. The summed E-state index contributed by atoms with van der Waals surface area (Å²) >= 11 is 0. The SMILES string of the molecule is CCC(NCC1CCN(C)C1)c1cccc([N+](=O)[O-])c1. The lowest BCUT2D eigenvalue weighted by molar-refractivity contribution is -0.384. The molecule has 20 heavy (non-hydrogen) atoms. The Bertz CT molecular complexity index is 464. The molecule has 0 amide bonds. The van der Waals surface area contributed by atoms with Crippen LogP contribution in [0.1, 0.15) is 31.4 Å². The molecule has 1 heterocycles. The fourth-order valence-corrected chi connectivity index (χ4v) is 2.85. The van der Waals surface area contributed by atoms with Gasteiger partial charge < -0.3 is 10.2 Å². The first-order chi connectivity index (χ1) is 9.60. The smallest absolute Gasteiger partial charge is 0.269 e. The minimum Gasteiger partial charge on any atom is -0.310 e. The van der Waals surface area contributed by atoms with E-state index in [4.69, 9.17) is 0 Å². The van der Waals surface area contributed by atoms with Crippen molar-refractivity contribution in [1.82, 2.24) is 10.2 Å². The van der Waals surface area contributed by atoms with Crippen LogP contribution >= 0.6 is 0 Å². The second kappa shape index (κ2) is 6.81. The van der Waals surface area contributed by atoms with Crippen molar-refractivity contribution in [3.05, 3.63) is 39.9 Å². The van der Waals surface area contributed by atoms with E-state index in [1.54, 1.807) is 18.2 Å². The second-order valence-electron chi connectivity index (χ2n) is 5.64. The third-order valence-electron chi connectivity index (χ3n) is 4.03. The Morgan fingerprint density at radius 3 is 2.95 bits per heavy atom. The quantitative estimate of drug-likeness (QED) is 0.641. The summed E-state index contributed by atoms with van der Waals surface area (Å²) in [5, 5.41) is 14.4. The van der Waals surface area contributed by atoms with Crippen molar-refractivity contribution in [2.45, 2.75) is 25.8 Å². The number of nitrogens with one attached hydrogen (secondary N) is 1. The van der Waals surface area contributed by atoms with E-state index in [2.05, 4.69) is 24.2 Å². The van der Waals surface area contributed by atoms with Crippen LogP contribution in [0.5, 0.6) is 0 Å². The summed E-state index contributed by atoms with van der Waals surface area (Å²) in [5.41, 5.74) is 1.18. The molecule has 1 N–H and O–H groups in total. The van der Waals surface area contributed by atoms with Gasteiger partial charge in [-0.2, -0.15) is 0 Å². The van der Waals surface area contributed by atoms with E-state index in [1.165, 1.54) is 13.0 Å². The molecule has 0 bridgehead atoms. The molecule has 1 saturated heterocycles. The molecule has 0 spiro atoms. The first-order valence-electron chi connectivity index (χ1n) is 7.26. The highest BCUT2D eigenvalue weighted by molar-refractivity contribution is 5.35. The van der Waals surface area contributed by atoms with Crippen molar-refractivity contribution in [3.8, 4) is 0 Å². The molecule has 1 aliphatic rings. The average molecular weight is 277 g/mol. The maximum Gasteiger partial charge on any atom is 0.269 e. The normalized spacial score (nSPS) is 21.0. The molecule has 110 valence electrons. The highest BCUT2D eigenvalue weighted by Crippen LogP contribution is 2.22. The summed E-state index contributed by atoms with van der Waals surface area (Å²) in [6, 6.07) is 7.15. The van der Waals surface area contributed by atoms with Gasteiger partial charge in [-0.25, -0.2) is 0 Å². The third kappa shape index (κ3) is 3.77. The molecule has 0 aromatic heterocycles. The molecule has 2 rings (SSSR count). The van der Waals surface area contributed by atoms with Gasteiger partial charge in [0.1, 0.15) is 0 Å². The third-order valence-corrected chi connectivity index (χ3v) is 4.03. The van der Waals surface area contributed by atoms with Gasteiger partial charge in [0.25, 0.3) is 5.69 Å². The Morgan fingerprint density at radius 2 is 2.35 bits per heavy atom. The summed E-state index contributed by atoms with van der Waals surface area (Å²) in [7, 11) is 2.15. The maximum atomic E-state index is 10.8. The number of benzene rings is 1. The van der Waals surface area contributed by atoms with E-state index in [0.717, 1.165) is 25.1 Å². The van der Waals surface area contributed by atoms with Crippen LogP contribution in [0.4, 0.5) is 5.69 Å². The van der Waals surface area contributed by atoms with Crippen molar-refractivity contribution in [2.75, 3.05) is 26.7 Å². The highest BCUT2D eigenvalue weighted by Gasteiger charge is 2.21. The van der Waals surface area contributed by atoms with Gasteiger partial charge in [0.05, 0.1) is 4.92 Å². The summed E-state index contributed by atoms with van der Waals surface area (Å²) in [6.45, 7) is 5.39. The molecular formula is C15H23N3O2. The van der Waals surface area contributed by atoms with Crippen LogP contribution in [0, 0.1) is 16.0 Å². The van der Waals surface area contributed by atoms with Gasteiger partial charge in [-0.1, -0.05) is 19.1 Å². The Labute approximate surface area is 120 Å². The van der Waals surface area contributed by atoms with Crippen LogP contribution in [-0.4, -0.2) is 36.5 Å². The van der Waals surface area contributed by atoms with Crippen molar-refractivity contribution >= 4 is 5.69 Å². The zero-order valence-corrected chi connectivity index (χ0v) is 12.2. The lowest BCUT2D eigenvalue weighted by Crippen LogP contribution is -2.28. The Kier molecular flexibility index (Phi) is 5.09. The summed E-state index contributed by atoms with van der Waals surface area (Å²) in [5.74, 6) is 0.688. The van der Waals surface area contributed by atoms with Crippen molar-refractivity contribution < 1.29 is 4.92 Å². The Morgan fingerprint density at radius 1 is 1.55 bits per heavy atom. The molecule has 0 radical (unpaired) electrons. The minimum atomic E-state index is -0.331. The number of hydrogen-bond donors (Lipinski definition) is 1. The van der Waals surface area contributed by atoms with E-state index in [9.17, 15) is 10.1 Å². The first-order valence-corrected chi connectivity index (χ1v) is 7.26. The molecule has 2 unspecified atom stereocenters. The van der Waals surface area contributed by atoms with E-state index >= 15 is 0 Å². The first kappa shape index (κ1) is 14.9. The lowest BCUT2D eigenvalue weighted by atomic mass is 10.0. The average Bonchev–Trinajstić information content (AvgIpc) is 2.85. The molecule has 0 saturated carbocycles. The second-order valence-corrected chi connectivity index (χ2v) is 5.64. The fourth-order valence-electron chi connectivity index (χ4n) is 2.85. The van der Waals surface area contributed by atoms with Crippen LogP contribution < -0.4 is 5.32 Å². The Balaban J connectivity index is 1.97. The molecule has 0 aliphatic carbocycles. The number of rotatable bonds is 6. The van der Waals surface area contributed by atoms with E-state index in [0.29, 0.717) is 5.92 Å². The minimum absolute atomic E-state index is 0.170. The maximum absolute atomic E-state index is 10.8. The van der Waals surface area contributed by atoms with Gasteiger partial charge in [-0.15, -0.1) is 0 Å². The van der Waals surface area contributed by atoms with Crippen LogP contribution in [0.15, 0.2) is 24.3 Å². The van der Waals surface area contributed by atoms with Crippen LogP contribution in [0.25, 0.3) is 0 Å². The monoisotopic (exact) mass is 277 g/mol. The van der Waals surface area contributed by atoms with E-state index in [-0.39, 0.29) is 16.7 Å². The van der Waals surface area contributed by atoms with Crippen LogP contribution in [-0.2, 0) is 0 Å². The molecule has 2 atom stereocenters. The molecular weight excluding hydrogens is 254 g/mol. The summed E-state index contributed by atoms with van der Waals surface area (Å²) in [6.07, 6.45) is 2.17. The summed E-state index contributed by atoms with van der Waals surface area (Å²) in [4.78, 5) is 12.9. The van der Waals surface area contributed by atoms with Gasteiger partial charge in [-0.3, -0.25) is 10.1 Å². The van der Waals surface area contributed by atoms with Crippen molar-refractivity contribution in [2.24, 2.45) is 5.92 Å². The molecule has 1 fully saturated rings. The zero-order chi connectivity index (χ0) is 14.5. The lowest BCUT2D eigenvalue weighted by Gasteiger charge is -2.20. The van der Waals surface area contributed by atoms with Gasteiger partial charge >= 0.3 is 0 Å². The predicted molar refractivity (Wildman–Crippen MR) is 79.7 cm³/mol. The van der Waals surface area contributed by atoms with Crippen molar-refractivity contribution in [3.63, 3.8) is 0 Å². The van der Waals surface area contributed by atoms with Gasteiger partial charge in [0.15, 0.2) is 0 Å². The molecule has 1 aromatic carbocycles. The number of nitro groups is 1. The number of nitrogens with zero attached hydrogens (tertiary/aromatic N) is 2. The highest BCUT2D eigenvalue weighted by atomic mass is 16.6. The largest absolute Gasteiger partial charge is 0.310 e. The molecule has 1 aromatic rings. The standard InChI is InChI=1S/C15H23N3O2/c1-3-15(16-10-12-7-8-17(2)11-12)13-5-4-6-14(9-13)18(19)20/h4-6,9,12,15-16H,3,7-8,10-11H2,1-2H3. The Hall–Kier alpha value is -1.46.